The first-order valence-corrected chi connectivity index (χ1v) is 9.84. The normalized spacial score (nSPS) is 12.7. The molecule has 0 atom stereocenters. The van der Waals surface area contributed by atoms with E-state index >= 15 is 0 Å². The number of rotatable bonds is 4. The number of aryl methyl sites for hydroxylation is 2. The van der Waals surface area contributed by atoms with Crippen LogP contribution in [0.4, 0.5) is 11.4 Å². The summed E-state index contributed by atoms with van der Waals surface area (Å²) in [4.78, 5) is -1.50. The third-order valence-electron chi connectivity index (χ3n) is 3.11. The molecule has 0 fully saturated rings. The predicted octanol–water partition coefficient (Wildman–Crippen LogP) is 3.67. The zero-order valence-corrected chi connectivity index (χ0v) is 15.3. The molecule has 133 valence electrons. The molecule has 0 aliphatic heterocycles. The van der Waals surface area contributed by atoms with Gasteiger partial charge in [0.1, 0.15) is 15.5 Å². The lowest BCUT2D eigenvalue weighted by Gasteiger charge is -2.07. The minimum atomic E-state index is -4.76. The van der Waals surface area contributed by atoms with Crippen molar-refractivity contribution in [3.05, 3.63) is 46.5 Å². The van der Waals surface area contributed by atoms with Gasteiger partial charge in [0, 0.05) is 0 Å². The van der Waals surface area contributed by atoms with E-state index in [4.69, 9.17) is 16.2 Å². The van der Waals surface area contributed by atoms with Crippen molar-refractivity contribution in [2.75, 3.05) is 0 Å². The maximum atomic E-state index is 11.5. The Morgan fingerprint density at radius 3 is 2.04 bits per heavy atom. The summed E-state index contributed by atoms with van der Waals surface area (Å²) in [6.07, 6.45) is 0. The topological polar surface area (TPSA) is 133 Å². The van der Waals surface area contributed by atoms with Gasteiger partial charge in [0.15, 0.2) is 0 Å². The molecule has 0 amide bonds. The van der Waals surface area contributed by atoms with Crippen molar-refractivity contribution < 1.29 is 25.9 Å². The van der Waals surface area contributed by atoms with Crippen LogP contribution < -0.4 is 0 Å². The standard InChI is InChI=1S/C14H12ClN2O6S2/c1-8-3-4-9(2)11(5-8)16-17-12-7-13(24(18,19)20)10(15)6-14(12)25(21,22)23/h4-7H,1-2H3,(H,18,19,20)(H,21,22,23)/b17-16+. The van der Waals surface area contributed by atoms with Crippen molar-refractivity contribution in [1.82, 2.24) is 0 Å². The van der Waals surface area contributed by atoms with Gasteiger partial charge in [-0.3, -0.25) is 9.11 Å². The van der Waals surface area contributed by atoms with Crippen molar-refractivity contribution in [3.8, 4) is 0 Å². The molecule has 0 saturated carbocycles. The third-order valence-corrected chi connectivity index (χ3v) is 5.31. The largest absolute Gasteiger partial charge is 0.296 e. The first kappa shape index (κ1) is 19.5. The second-order valence-electron chi connectivity index (χ2n) is 5.08. The molecule has 11 heteroatoms. The quantitative estimate of drug-likeness (QED) is 0.590. The van der Waals surface area contributed by atoms with E-state index in [9.17, 15) is 21.4 Å². The second-order valence-corrected chi connectivity index (χ2v) is 8.27. The number of halogens is 1. The van der Waals surface area contributed by atoms with Crippen LogP contribution in [0.3, 0.4) is 0 Å². The van der Waals surface area contributed by atoms with Gasteiger partial charge in [-0.05, 0) is 55.3 Å². The molecule has 2 rings (SSSR count). The van der Waals surface area contributed by atoms with Crippen LogP contribution in [0.15, 0.2) is 44.3 Å². The van der Waals surface area contributed by atoms with Crippen LogP contribution in [0.25, 0.3) is 0 Å². The molecule has 2 aromatic carbocycles. The lowest BCUT2D eigenvalue weighted by Crippen LogP contribution is -2.03. The van der Waals surface area contributed by atoms with Gasteiger partial charge in [-0.15, -0.1) is 5.11 Å². The van der Waals surface area contributed by atoms with Gasteiger partial charge in [0.05, 0.1) is 10.7 Å². The zero-order valence-electron chi connectivity index (χ0n) is 12.9. The molecule has 0 bridgehead atoms. The van der Waals surface area contributed by atoms with E-state index in [1.165, 1.54) is 0 Å². The number of hydrogen-bond acceptors (Lipinski definition) is 6. The highest BCUT2D eigenvalue weighted by molar-refractivity contribution is 7.86. The molecular weight excluding hydrogens is 392 g/mol. The van der Waals surface area contributed by atoms with E-state index < -0.39 is 40.7 Å². The summed E-state index contributed by atoms with van der Waals surface area (Å²) >= 11 is 5.66. The van der Waals surface area contributed by atoms with E-state index in [0.717, 1.165) is 5.56 Å². The van der Waals surface area contributed by atoms with Crippen molar-refractivity contribution in [2.24, 2.45) is 10.2 Å². The summed E-state index contributed by atoms with van der Waals surface area (Å²) in [5, 5.41) is 6.98. The highest BCUT2D eigenvalue weighted by Gasteiger charge is 2.23. The first-order chi connectivity index (χ1) is 11.4. The molecule has 0 spiro atoms. The maximum Gasteiger partial charge on any atom is 0.296 e. The number of nitrogens with zero attached hydrogens (tertiary/aromatic N) is 2. The van der Waals surface area contributed by atoms with E-state index in [2.05, 4.69) is 16.3 Å². The molecule has 8 nitrogen and oxygen atoms in total. The van der Waals surface area contributed by atoms with Gasteiger partial charge < -0.3 is 0 Å². The monoisotopic (exact) mass is 403 g/mol. The Hall–Kier alpha value is -1.85. The lowest BCUT2D eigenvalue weighted by atomic mass is 10.1. The van der Waals surface area contributed by atoms with Gasteiger partial charge >= 0.3 is 0 Å². The Bertz CT molecular complexity index is 1080. The molecule has 0 heterocycles. The fourth-order valence-corrected chi connectivity index (χ4v) is 3.60. The van der Waals surface area contributed by atoms with Gasteiger partial charge in [-0.2, -0.15) is 21.9 Å². The van der Waals surface area contributed by atoms with E-state index in [1.54, 1.807) is 26.0 Å². The predicted molar refractivity (Wildman–Crippen MR) is 90.0 cm³/mol. The summed E-state index contributed by atoms with van der Waals surface area (Å²) < 4.78 is 64.0. The highest BCUT2D eigenvalue weighted by Crippen LogP contribution is 2.34. The summed E-state index contributed by atoms with van der Waals surface area (Å²) in [6, 6.07) is 7.61. The fraction of sp³-hybridized carbons (Fsp3) is 0.143. The molecular formula is C14H12ClN2O6S2. The molecule has 0 unspecified atom stereocenters. The maximum absolute atomic E-state index is 11.5. The second kappa shape index (κ2) is 6.81. The Balaban J connectivity index is 2.70. The number of benzene rings is 2. The number of azo groups is 1. The highest BCUT2D eigenvalue weighted by atomic mass is 35.5. The van der Waals surface area contributed by atoms with Gasteiger partial charge in [0.2, 0.25) is 0 Å². The van der Waals surface area contributed by atoms with Crippen LogP contribution >= 0.6 is 11.6 Å². The SMILES string of the molecule is Cc1[c]cc(C)c(/N=N/c2cc(S(=O)(=O)O)c(Cl)cc2S(=O)(=O)O)c1. The van der Waals surface area contributed by atoms with Crippen LogP contribution in [0.1, 0.15) is 11.1 Å². The fourth-order valence-electron chi connectivity index (χ4n) is 1.88. The average molecular weight is 404 g/mol. The molecule has 0 aromatic heterocycles. The van der Waals surface area contributed by atoms with Crippen LogP contribution in [0.2, 0.25) is 5.02 Å². The lowest BCUT2D eigenvalue weighted by molar-refractivity contribution is 0.478. The molecule has 25 heavy (non-hydrogen) atoms. The van der Waals surface area contributed by atoms with Crippen LogP contribution in [-0.4, -0.2) is 25.9 Å². The third kappa shape index (κ3) is 4.61. The molecule has 2 N–H and O–H groups in total. The van der Waals surface area contributed by atoms with Crippen molar-refractivity contribution in [1.29, 1.82) is 0 Å². The zero-order chi connectivity index (χ0) is 19.0. The molecule has 0 aliphatic rings. The van der Waals surface area contributed by atoms with E-state index in [1.807, 2.05) is 0 Å². The van der Waals surface area contributed by atoms with Crippen molar-refractivity contribution in [3.63, 3.8) is 0 Å². The minimum Gasteiger partial charge on any atom is -0.282 e. The van der Waals surface area contributed by atoms with Gasteiger partial charge in [-0.25, -0.2) is 0 Å². The van der Waals surface area contributed by atoms with Gasteiger partial charge in [0.25, 0.3) is 20.2 Å². The Morgan fingerprint density at radius 2 is 1.48 bits per heavy atom. The van der Waals surface area contributed by atoms with E-state index in [0.29, 0.717) is 23.4 Å². The van der Waals surface area contributed by atoms with Gasteiger partial charge in [-0.1, -0.05) is 11.6 Å². The van der Waals surface area contributed by atoms with Crippen LogP contribution in [0.5, 0.6) is 0 Å². The summed E-state index contributed by atoms with van der Waals surface area (Å²) in [5.41, 5.74) is 1.33. The number of hydrogen-bond donors (Lipinski definition) is 2. The minimum absolute atomic E-state index is 0.390. The average Bonchev–Trinajstić information content (AvgIpc) is 2.46. The smallest absolute Gasteiger partial charge is 0.282 e. The Labute approximate surface area is 149 Å². The summed E-state index contributed by atoms with van der Waals surface area (Å²) in [5.74, 6) is 0. The Kier molecular flexibility index (Phi) is 5.30. The van der Waals surface area contributed by atoms with Crippen LogP contribution in [-0.2, 0) is 20.2 Å². The molecule has 2 aromatic rings. The molecule has 1 radical (unpaired) electrons. The van der Waals surface area contributed by atoms with Crippen molar-refractivity contribution in [2.45, 2.75) is 23.6 Å². The van der Waals surface area contributed by atoms with Crippen LogP contribution in [0, 0.1) is 19.9 Å². The Morgan fingerprint density at radius 1 is 0.920 bits per heavy atom. The van der Waals surface area contributed by atoms with Crippen molar-refractivity contribution >= 4 is 43.2 Å². The van der Waals surface area contributed by atoms with E-state index in [-0.39, 0.29) is 0 Å². The first-order valence-electron chi connectivity index (χ1n) is 6.59. The summed E-state index contributed by atoms with van der Waals surface area (Å²) in [7, 11) is -9.49. The molecule has 0 aliphatic carbocycles. The molecule has 0 saturated heterocycles. The summed E-state index contributed by atoms with van der Waals surface area (Å²) in [6.45, 7) is 3.49.